The Hall–Kier alpha value is -3.18. The molecule has 144 valence electrons. The molecule has 1 fully saturated rings. The van der Waals surface area contributed by atoms with Gasteiger partial charge in [-0.15, -0.1) is 0 Å². The molecule has 1 aromatic carbocycles. The van der Waals surface area contributed by atoms with Crippen LogP contribution in [0.3, 0.4) is 0 Å². The lowest BCUT2D eigenvalue weighted by atomic mass is 9.92. The Kier molecular flexibility index (Phi) is 6.06. The molecule has 0 radical (unpaired) electrons. The van der Waals surface area contributed by atoms with Gasteiger partial charge in [0.2, 0.25) is 5.88 Å². The first-order valence-electron chi connectivity index (χ1n) is 8.74. The normalized spacial score (nSPS) is 18.7. The van der Waals surface area contributed by atoms with Crippen LogP contribution in [-0.4, -0.2) is 28.0 Å². The van der Waals surface area contributed by atoms with Crippen LogP contribution in [0.25, 0.3) is 0 Å². The zero-order chi connectivity index (χ0) is 20.1. The van der Waals surface area contributed by atoms with Crippen molar-refractivity contribution in [3.63, 3.8) is 0 Å². The van der Waals surface area contributed by atoms with E-state index < -0.39 is 4.92 Å². The van der Waals surface area contributed by atoms with Crippen molar-refractivity contribution in [2.75, 3.05) is 0 Å². The average molecular weight is 401 g/mol. The summed E-state index contributed by atoms with van der Waals surface area (Å²) in [6, 6.07) is 9.30. The minimum absolute atomic E-state index is 0.00406. The van der Waals surface area contributed by atoms with Crippen molar-refractivity contribution in [2.24, 2.45) is 0 Å². The Bertz CT molecular complexity index is 919. The fourth-order valence-corrected chi connectivity index (χ4v) is 3.26. The van der Waals surface area contributed by atoms with E-state index in [1.54, 1.807) is 12.1 Å². The lowest BCUT2D eigenvalue weighted by Gasteiger charge is -2.29. The van der Waals surface area contributed by atoms with Gasteiger partial charge in [0.25, 0.3) is 11.6 Å². The number of hydrogen-bond acceptors (Lipinski definition) is 6. The molecule has 0 aliphatic heterocycles. The molecule has 1 N–H and O–H groups in total. The molecule has 0 spiro atoms. The maximum absolute atomic E-state index is 12.4. The summed E-state index contributed by atoms with van der Waals surface area (Å²) in [5.41, 5.74) is 0.388. The van der Waals surface area contributed by atoms with Gasteiger partial charge < -0.3 is 10.1 Å². The van der Waals surface area contributed by atoms with Crippen LogP contribution >= 0.6 is 11.6 Å². The number of amides is 1. The summed E-state index contributed by atoms with van der Waals surface area (Å²) in [5, 5.41) is 22.7. The number of nitriles is 1. The number of nitrogens with zero attached hydrogens (tertiary/aromatic N) is 3. The van der Waals surface area contributed by atoms with Crippen molar-refractivity contribution < 1.29 is 14.5 Å². The number of ether oxygens (including phenoxy) is 1. The first kappa shape index (κ1) is 19.6. The van der Waals surface area contributed by atoms with Gasteiger partial charge in [-0.1, -0.05) is 11.6 Å². The Morgan fingerprint density at radius 3 is 2.64 bits per heavy atom. The van der Waals surface area contributed by atoms with Gasteiger partial charge >= 0.3 is 0 Å². The van der Waals surface area contributed by atoms with Crippen LogP contribution in [0, 0.1) is 21.4 Å². The van der Waals surface area contributed by atoms with Gasteiger partial charge in [0.15, 0.2) is 0 Å². The minimum atomic E-state index is -0.612. The fraction of sp³-hybridized carbons (Fsp3) is 0.316. The molecule has 28 heavy (non-hydrogen) atoms. The van der Waals surface area contributed by atoms with Gasteiger partial charge in [-0.25, -0.2) is 4.98 Å². The first-order valence-corrected chi connectivity index (χ1v) is 9.11. The predicted octanol–water partition coefficient (Wildman–Crippen LogP) is 3.63. The van der Waals surface area contributed by atoms with Crippen LogP contribution in [0.2, 0.25) is 5.02 Å². The van der Waals surface area contributed by atoms with E-state index in [1.165, 1.54) is 24.4 Å². The van der Waals surface area contributed by atoms with E-state index >= 15 is 0 Å². The Balaban J connectivity index is 1.52. The molecule has 3 rings (SSSR count). The second-order valence-corrected chi connectivity index (χ2v) is 6.89. The molecule has 8 nitrogen and oxygen atoms in total. The molecule has 0 unspecified atom stereocenters. The van der Waals surface area contributed by atoms with Crippen LogP contribution in [-0.2, 0) is 0 Å². The van der Waals surface area contributed by atoms with Gasteiger partial charge in [0.1, 0.15) is 17.2 Å². The molecule has 1 heterocycles. The number of nitro groups is 1. The number of halogens is 1. The highest BCUT2D eigenvalue weighted by molar-refractivity contribution is 6.32. The number of pyridine rings is 1. The molecule has 0 bridgehead atoms. The second kappa shape index (κ2) is 8.67. The summed E-state index contributed by atoms with van der Waals surface area (Å²) in [4.78, 5) is 26.8. The number of hydrogen-bond donors (Lipinski definition) is 1. The minimum Gasteiger partial charge on any atom is -0.474 e. The van der Waals surface area contributed by atoms with Gasteiger partial charge in [-0.05, 0) is 43.9 Å². The zero-order valence-electron chi connectivity index (χ0n) is 14.8. The van der Waals surface area contributed by atoms with Crippen molar-refractivity contribution in [1.82, 2.24) is 10.3 Å². The number of nitrogens with one attached hydrogen (secondary N) is 1. The Morgan fingerprint density at radius 2 is 2.04 bits per heavy atom. The lowest BCUT2D eigenvalue weighted by molar-refractivity contribution is -0.384. The van der Waals surface area contributed by atoms with Crippen molar-refractivity contribution in [3.05, 3.63) is 62.8 Å². The van der Waals surface area contributed by atoms with Gasteiger partial charge in [0.05, 0.1) is 10.5 Å². The summed E-state index contributed by atoms with van der Waals surface area (Å²) >= 11 is 5.78. The van der Waals surface area contributed by atoms with Gasteiger partial charge in [-0.2, -0.15) is 5.26 Å². The lowest BCUT2D eigenvalue weighted by Crippen LogP contribution is -2.39. The third kappa shape index (κ3) is 4.75. The molecule has 1 aromatic heterocycles. The molecule has 1 amide bonds. The molecular weight excluding hydrogens is 384 g/mol. The fourth-order valence-electron chi connectivity index (χ4n) is 3.07. The second-order valence-electron chi connectivity index (χ2n) is 6.49. The third-order valence-electron chi connectivity index (χ3n) is 4.57. The summed E-state index contributed by atoms with van der Waals surface area (Å²) in [6.07, 6.45) is 4.39. The van der Waals surface area contributed by atoms with Crippen LogP contribution in [0.5, 0.6) is 5.88 Å². The van der Waals surface area contributed by atoms with Gasteiger partial charge in [-0.3, -0.25) is 14.9 Å². The van der Waals surface area contributed by atoms with Gasteiger partial charge in [0, 0.05) is 29.9 Å². The highest BCUT2D eigenvalue weighted by Gasteiger charge is 2.25. The molecule has 9 heteroatoms. The maximum Gasteiger partial charge on any atom is 0.288 e. The molecule has 0 atom stereocenters. The van der Waals surface area contributed by atoms with E-state index in [0.29, 0.717) is 11.4 Å². The highest BCUT2D eigenvalue weighted by Crippen LogP contribution is 2.26. The van der Waals surface area contributed by atoms with Crippen molar-refractivity contribution in [1.29, 1.82) is 5.26 Å². The quantitative estimate of drug-likeness (QED) is 0.604. The first-order chi connectivity index (χ1) is 13.5. The van der Waals surface area contributed by atoms with E-state index in [0.717, 1.165) is 25.7 Å². The smallest absolute Gasteiger partial charge is 0.288 e. The molecule has 2 aromatic rings. The predicted molar refractivity (Wildman–Crippen MR) is 101 cm³/mol. The number of carbonyl (C=O) groups is 1. The van der Waals surface area contributed by atoms with Crippen LogP contribution < -0.4 is 10.1 Å². The van der Waals surface area contributed by atoms with Crippen molar-refractivity contribution >= 4 is 23.2 Å². The molecular formula is C19H17ClN4O4. The molecule has 1 saturated carbocycles. The standard InChI is InChI=1S/C19H17ClN4O4/c20-16-7-2-13(9-17(16)24(26)27)19(25)23-14-3-5-15(6-4-14)28-18-8-1-12(10-21)11-22-18/h1-2,7-9,11,14-15H,3-6H2,(H,23,25). The number of nitro benzene ring substituents is 1. The average Bonchev–Trinajstić information content (AvgIpc) is 2.70. The van der Waals surface area contributed by atoms with E-state index in [2.05, 4.69) is 10.3 Å². The number of aromatic nitrogens is 1. The third-order valence-corrected chi connectivity index (χ3v) is 4.89. The van der Waals surface area contributed by atoms with Crippen molar-refractivity contribution in [3.8, 4) is 11.9 Å². The van der Waals surface area contributed by atoms with E-state index in [1.807, 2.05) is 6.07 Å². The van der Waals surface area contributed by atoms with Crippen molar-refractivity contribution in [2.45, 2.75) is 37.8 Å². The summed E-state index contributed by atoms with van der Waals surface area (Å²) in [6.45, 7) is 0. The number of benzene rings is 1. The van der Waals surface area contributed by atoms with Crippen LogP contribution in [0.4, 0.5) is 5.69 Å². The van der Waals surface area contributed by atoms with Crippen LogP contribution in [0.15, 0.2) is 36.5 Å². The summed E-state index contributed by atoms with van der Waals surface area (Å²) in [7, 11) is 0. The Labute approximate surface area is 166 Å². The maximum atomic E-state index is 12.4. The topological polar surface area (TPSA) is 118 Å². The molecule has 0 saturated heterocycles. The summed E-state index contributed by atoms with van der Waals surface area (Å²) < 4.78 is 5.83. The SMILES string of the molecule is N#Cc1ccc(OC2CCC(NC(=O)c3ccc(Cl)c([N+](=O)[O-])c3)CC2)nc1. The van der Waals surface area contributed by atoms with E-state index in [4.69, 9.17) is 21.6 Å². The largest absolute Gasteiger partial charge is 0.474 e. The number of carbonyl (C=O) groups excluding carboxylic acids is 1. The van der Waals surface area contributed by atoms with Crippen LogP contribution in [0.1, 0.15) is 41.6 Å². The van der Waals surface area contributed by atoms with E-state index in [9.17, 15) is 14.9 Å². The number of rotatable bonds is 5. The molecule has 1 aliphatic rings. The van der Waals surface area contributed by atoms with E-state index in [-0.39, 0.29) is 34.3 Å². The highest BCUT2D eigenvalue weighted by atomic mass is 35.5. The zero-order valence-corrected chi connectivity index (χ0v) is 15.6. The molecule has 1 aliphatic carbocycles. The Morgan fingerprint density at radius 1 is 1.29 bits per heavy atom. The summed E-state index contributed by atoms with van der Waals surface area (Å²) in [5.74, 6) is 0.109. The monoisotopic (exact) mass is 400 g/mol.